The van der Waals surface area contributed by atoms with Gasteiger partial charge in [-0.25, -0.2) is 4.98 Å². The summed E-state index contributed by atoms with van der Waals surface area (Å²) in [5.41, 5.74) is 2.44. The summed E-state index contributed by atoms with van der Waals surface area (Å²) in [5, 5.41) is 0. The topological polar surface area (TPSA) is 67.5 Å². The van der Waals surface area contributed by atoms with Crippen molar-refractivity contribution in [2.75, 3.05) is 20.8 Å². The number of aromatic nitrogens is 2. The number of nitrogens with zero attached hydrogens (tertiary/aromatic N) is 2. The van der Waals surface area contributed by atoms with Crippen LogP contribution in [0.3, 0.4) is 0 Å². The molecule has 27 heavy (non-hydrogen) atoms. The van der Waals surface area contributed by atoms with Crippen LogP contribution in [0.15, 0.2) is 40.9 Å². The van der Waals surface area contributed by atoms with Crippen LogP contribution in [0.4, 0.5) is 0 Å². The molecule has 1 N–H and O–H groups in total. The van der Waals surface area contributed by atoms with E-state index in [2.05, 4.69) is 20.9 Å². The fraction of sp³-hybridized carbons (Fsp3) is 0.300. The number of halogens is 1. The van der Waals surface area contributed by atoms with Crippen molar-refractivity contribution < 1.29 is 14.3 Å². The quantitative estimate of drug-likeness (QED) is 0.670. The summed E-state index contributed by atoms with van der Waals surface area (Å²) in [5.74, 6) is 1.91. The van der Waals surface area contributed by atoms with E-state index < -0.39 is 0 Å². The Hall–Kier alpha value is -2.54. The molecule has 0 aliphatic carbocycles. The van der Waals surface area contributed by atoms with Crippen LogP contribution in [0.25, 0.3) is 11.0 Å². The number of hydrogen-bond acceptors (Lipinski definition) is 4. The van der Waals surface area contributed by atoms with E-state index in [0.717, 1.165) is 29.7 Å². The minimum atomic E-state index is -0.0643. The van der Waals surface area contributed by atoms with Gasteiger partial charge in [0.15, 0.2) is 0 Å². The molecule has 140 valence electrons. The number of likely N-dealkylation sites (tertiary alicyclic amines) is 1. The molecule has 0 spiro atoms. The maximum Gasteiger partial charge on any atom is 0.254 e. The minimum absolute atomic E-state index is 0.0537. The monoisotopic (exact) mass is 429 g/mol. The molecule has 1 aliphatic rings. The fourth-order valence-corrected chi connectivity index (χ4v) is 4.14. The van der Waals surface area contributed by atoms with Gasteiger partial charge in [0.05, 0.1) is 31.3 Å². The van der Waals surface area contributed by atoms with Gasteiger partial charge >= 0.3 is 0 Å². The van der Waals surface area contributed by atoms with E-state index in [4.69, 9.17) is 14.5 Å². The van der Waals surface area contributed by atoms with Crippen LogP contribution in [0.5, 0.6) is 11.5 Å². The number of H-pyrrole nitrogens is 1. The number of amides is 1. The molecular formula is C20H20BrN3O3. The van der Waals surface area contributed by atoms with Crippen molar-refractivity contribution in [2.45, 2.75) is 18.9 Å². The summed E-state index contributed by atoms with van der Waals surface area (Å²) in [6, 6.07) is 11.3. The van der Waals surface area contributed by atoms with Gasteiger partial charge < -0.3 is 19.4 Å². The minimum Gasteiger partial charge on any atom is -0.495 e. The molecule has 1 aliphatic heterocycles. The number of fused-ring (bicyclic) bond motifs is 1. The first-order valence-corrected chi connectivity index (χ1v) is 9.59. The van der Waals surface area contributed by atoms with Crippen LogP contribution < -0.4 is 9.47 Å². The lowest BCUT2D eigenvalue weighted by Gasteiger charge is -2.24. The SMILES string of the molecule is COc1cc(C(=O)N2CCCC2c2nc3ccccc3[nH]2)cc(OC)c1Br. The predicted molar refractivity (Wildman–Crippen MR) is 106 cm³/mol. The van der Waals surface area contributed by atoms with E-state index in [-0.39, 0.29) is 11.9 Å². The van der Waals surface area contributed by atoms with E-state index >= 15 is 0 Å². The van der Waals surface area contributed by atoms with E-state index in [1.807, 2.05) is 29.2 Å². The second kappa shape index (κ2) is 7.23. The van der Waals surface area contributed by atoms with Crippen molar-refractivity contribution in [3.8, 4) is 11.5 Å². The first-order valence-electron chi connectivity index (χ1n) is 8.79. The molecular weight excluding hydrogens is 410 g/mol. The van der Waals surface area contributed by atoms with Gasteiger partial charge in [-0.2, -0.15) is 0 Å². The number of carbonyl (C=O) groups is 1. The molecule has 1 fully saturated rings. The third-order valence-corrected chi connectivity index (χ3v) is 5.71. The molecule has 2 aromatic carbocycles. The van der Waals surface area contributed by atoms with Gasteiger partial charge in [-0.15, -0.1) is 0 Å². The van der Waals surface area contributed by atoms with Gasteiger partial charge in [0.25, 0.3) is 5.91 Å². The molecule has 1 atom stereocenters. The fourth-order valence-electron chi connectivity index (χ4n) is 3.58. The van der Waals surface area contributed by atoms with Gasteiger partial charge in [0.1, 0.15) is 21.8 Å². The summed E-state index contributed by atoms with van der Waals surface area (Å²) >= 11 is 3.45. The number of benzene rings is 2. The van der Waals surface area contributed by atoms with Crippen LogP contribution in [-0.4, -0.2) is 41.5 Å². The van der Waals surface area contributed by atoms with Gasteiger partial charge in [-0.3, -0.25) is 4.79 Å². The summed E-state index contributed by atoms with van der Waals surface area (Å²) in [6.07, 6.45) is 1.83. The summed E-state index contributed by atoms with van der Waals surface area (Å²) in [4.78, 5) is 23.2. The smallest absolute Gasteiger partial charge is 0.254 e. The normalized spacial score (nSPS) is 16.7. The van der Waals surface area contributed by atoms with Crippen molar-refractivity contribution in [1.29, 1.82) is 0 Å². The van der Waals surface area contributed by atoms with Crippen LogP contribution in [0, 0.1) is 0 Å². The highest BCUT2D eigenvalue weighted by Crippen LogP contribution is 2.38. The summed E-state index contributed by atoms with van der Waals surface area (Å²) < 4.78 is 11.4. The molecule has 7 heteroatoms. The van der Waals surface area contributed by atoms with E-state index in [9.17, 15) is 4.79 Å². The van der Waals surface area contributed by atoms with Crippen LogP contribution in [0.1, 0.15) is 35.1 Å². The lowest BCUT2D eigenvalue weighted by atomic mass is 10.1. The molecule has 1 amide bonds. The maximum absolute atomic E-state index is 13.3. The summed E-state index contributed by atoms with van der Waals surface area (Å²) in [7, 11) is 3.14. The number of carbonyl (C=O) groups excluding carboxylic acids is 1. The number of rotatable bonds is 4. The molecule has 3 aromatic rings. The molecule has 0 bridgehead atoms. The lowest BCUT2D eigenvalue weighted by Crippen LogP contribution is -2.31. The molecule has 2 heterocycles. The van der Waals surface area contributed by atoms with Gasteiger partial charge in [-0.05, 0) is 53.0 Å². The zero-order chi connectivity index (χ0) is 19.0. The third-order valence-electron chi connectivity index (χ3n) is 4.93. The van der Waals surface area contributed by atoms with Crippen molar-refractivity contribution >= 4 is 32.9 Å². The number of ether oxygens (including phenoxy) is 2. The number of hydrogen-bond donors (Lipinski definition) is 1. The van der Waals surface area contributed by atoms with Crippen molar-refractivity contribution in [2.24, 2.45) is 0 Å². The van der Waals surface area contributed by atoms with Crippen molar-refractivity contribution in [3.05, 3.63) is 52.3 Å². The average Bonchev–Trinajstić information content (AvgIpc) is 3.34. The first kappa shape index (κ1) is 17.9. The molecule has 0 radical (unpaired) electrons. The highest BCUT2D eigenvalue weighted by molar-refractivity contribution is 9.10. The average molecular weight is 430 g/mol. The zero-order valence-corrected chi connectivity index (χ0v) is 16.7. The Balaban J connectivity index is 1.68. The Morgan fingerprint density at radius 1 is 1.22 bits per heavy atom. The zero-order valence-electron chi connectivity index (χ0n) is 15.2. The van der Waals surface area contributed by atoms with Crippen molar-refractivity contribution in [1.82, 2.24) is 14.9 Å². The van der Waals surface area contributed by atoms with Crippen molar-refractivity contribution in [3.63, 3.8) is 0 Å². The largest absolute Gasteiger partial charge is 0.495 e. The predicted octanol–water partition coefficient (Wildman–Crippen LogP) is 4.32. The molecule has 0 saturated carbocycles. The van der Waals surface area contributed by atoms with E-state index in [1.54, 1.807) is 26.4 Å². The number of aromatic amines is 1. The Morgan fingerprint density at radius 3 is 2.59 bits per heavy atom. The Kier molecular flexibility index (Phi) is 4.78. The third kappa shape index (κ3) is 3.16. The molecule has 1 aromatic heterocycles. The Labute approximate surface area is 165 Å². The van der Waals surface area contributed by atoms with E-state index in [0.29, 0.717) is 28.1 Å². The number of methoxy groups -OCH3 is 2. The number of imidazole rings is 1. The standard InChI is InChI=1S/C20H20BrN3O3/c1-26-16-10-12(11-17(27-2)18(16)21)20(25)24-9-5-8-15(24)19-22-13-6-3-4-7-14(13)23-19/h3-4,6-7,10-11,15H,5,8-9H2,1-2H3,(H,22,23). The highest BCUT2D eigenvalue weighted by Gasteiger charge is 2.33. The van der Waals surface area contributed by atoms with Gasteiger partial charge in [-0.1, -0.05) is 12.1 Å². The van der Waals surface area contributed by atoms with Gasteiger partial charge in [0.2, 0.25) is 0 Å². The van der Waals surface area contributed by atoms with E-state index in [1.165, 1.54) is 0 Å². The number of para-hydroxylation sites is 2. The highest BCUT2D eigenvalue weighted by atomic mass is 79.9. The van der Waals surface area contributed by atoms with Gasteiger partial charge in [0, 0.05) is 12.1 Å². The second-order valence-electron chi connectivity index (χ2n) is 6.49. The number of nitrogens with one attached hydrogen (secondary N) is 1. The van der Waals surface area contributed by atoms with Crippen LogP contribution in [0.2, 0.25) is 0 Å². The molecule has 6 nitrogen and oxygen atoms in total. The first-order chi connectivity index (χ1) is 13.1. The van der Waals surface area contributed by atoms with Crippen LogP contribution >= 0.6 is 15.9 Å². The second-order valence-corrected chi connectivity index (χ2v) is 7.28. The lowest BCUT2D eigenvalue weighted by molar-refractivity contribution is 0.0729. The molecule has 1 unspecified atom stereocenters. The van der Waals surface area contributed by atoms with Crippen LogP contribution in [-0.2, 0) is 0 Å². The maximum atomic E-state index is 13.3. The summed E-state index contributed by atoms with van der Waals surface area (Å²) in [6.45, 7) is 0.696. The Bertz CT molecular complexity index is 943. The Morgan fingerprint density at radius 2 is 1.93 bits per heavy atom. The molecule has 4 rings (SSSR count). The molecule has 1 saturated heterocycles.